The third-order valence-electron chi connectivity index (χ3n) is 6.45. The van der Waals surface area contributed by atoms with Crippen LogP contribution in [0.3, 0.4) is 0 Å². The van der Waals surface area contributed by atoms with Crippen LogP contribution in [0, 0.1) is 10.1 Å². The number of ether oxygens (including phenoxy) is 2. The molecular formula is C24H28N4O6. The highest BCUT2D eigenvalue weighted by Gasteiger charge is 2.47. The molecule has 2 saturated heterocycles. The number of methoxy groups -OCH3 is 1. The number of piperidine rings is 1. The zero-order chi connectivity index (χ0) is 24.5. The van der Waals surface area contributed by atoms with Crippen LogP contribution in [0.4, 0.5) is 16.2 Å². The molecule has 2 amide bonds. The Morgan fingerprint density at radius 2 is 1.94 bits per heavy atom. The molecule has 2 fully saturated rings. The highest BCUT2D eigenvalue weighted by Crippen LogP contribution is 2.36. The van der Waals surface area contributed by atoms with E-state index in [1.54, 1.807) is 9.80 Å². The number of likely N-dealkylation sites (tertiary alicyclic amines) is 1. The zero-order valence-corrected chi connectivity index (χ0v) is 19.5. The van der Waals surface area contributed by atoms with Gasteiger partial charge in [0.15, 0.2) is 0 Å². The summed E-state index contributed by atoms with van der Waals surface area (Å²) in [5.41, 5.74) is 1.39. The van der Waals surface area contributed by atoms with Gasteiger partial charge in [-0.25, -0.2) is 4.79 Å². The molecule has 10 nitrogen and oxygen atoms in total. The predicted octanol–water partition coefficient (Wildman–Crippen LogP) is 3.30. The summed E-state index contributed by atoms with van der Waals surface area (Å²) in [7, 11) is 5.34. The van der Waals surface area contributed by atoms with Crippen molar-refractivity contribution in [2.75, 3.05) is 45.7 Å². The van der Waals surface area contributed by atoms with E-state index in [1.165, 1.54) is 25.3 Å². The van der Waals surface area contributed by atoms with Crippen molar-refractivity contribution in [3.63, 3.8) is 0 Å². The van der Waals surface area contributed by atoms with E-state index in [0.717, 1.165) is 5.69 Å². The molecule has 2 aliphatic rings. The van der Waals surface area contributed by atoms with Crippen molar-refractivity contribution in [1.82, 2.24) is 9.80 Å². The minimum atomic E-state index is -0.673. The largest absolute Gasteiger partial charge is 0.496 e. The summed E-state index contributed by atoms with van der Waals surface area (Å²) in [6.45, 7) is 1.46. The van der Waals surface area contributed by atoms with Crippen LogP contribution in [0.25, 0.3) is 0 Å². The number of rotatable bonds is 6. The van der Waals surface area contributed by atoms with Crippen molar-refractivity contribution in [2.24, 2.45) is 0 Å². The van der Waals surface area contributed by atoms with Crippen LogP contribution in [0.15, 0.2) is 42.5 Å². The fraction of sp³-hybridized carbons (Fsp3) is 0.417. The van der Waals surface area contributed by atoms with Crippen LogP contribution in [-0.2, 0) is 11.3 Å². The number of carbonyl (C=O) groups excluding carboxylic acids is 2. The van der Waals surface area contributed by atoms with E-state index in [4.69, 9.17) is 9.47 Å². The molecule has 0 saturated carbocycles. The van der Waals surface area contributed by atoms with Crippen molar-refractivity contribution >= 4 is 23.4 Å². The maximum absolute atomic E-state index is 13.0. The molecule has 2 aliphatic heterocycles. The van der Waals surface area contributed by atoms with Crippen molar-refractivity contribution in [3.05, 3.63) is 63.7 Å². The Morgan fingerprint density at radius 3 is 2.59 bits per heavy atom. The number of nitrogens with zero attached hydrogens (tertiary/aromatic N) is 4. The van der Waals surface area contributed by atoms with Gasteiger partial charge in [-0.15, -0.1) is 0 Å². The molecule has 1 spiro atoms. The Kier molecular flexibility index (Phi) is 6.32. The van der Waals surface area contributed by atoms with E-state index in [0.29, 0.717) is 49.4 Å². The van der Waals surface area contributed by atoms with Crippen LogP contribution in [0.2, 0.25) is 0 Å². The normalized spacial score (nSPS) is 17.0. The van der Waals surface area contributed by atoms with Gasteiger partial charge in [-0.3, -0.25) is 19.8 Å². The van der Waals surface area contributed by atoms with Gasteiger partial charge < -0.3 is 19.3 Å². The number of hydrogen-bond acceptors (Lipinski definition) is 7. The smallest absolute Gasteiger partial charge is 0.410 e. The number of nitro benzene ring substituents is 1. The van der Waals surface area contributed by atoms with Crippen LogP contribution in [-0.4, -0.2) is 73.2 Å². The van der Waals surface area contributed by atoms with E-state index in [1.807, 2.05) is 43.3 Å². The van der Waals surface area contributed by atoms with Crippen LogP contribution < -0.4 is 9.64 Å². The summed E-state index contributed by atoms with van der Waals surface area (Å²) in [5.74, 6) is 0.431. The van der Waals surface area contributed by atoms with E-state index < -0.39 is 16.6 Å². The molecule has 0 unspecified atom stereocenters. The van der Waals surface area contributed by atoms with Crippen molar-refractivity contribution in [1.29, 1.82) is 0 Å². The van der Waals surface area contributed by atoms with Gasteiger partial charge in [0.05, 0.1) is 25.1 Å². The summed E-state index contributed by atoms with van der Waals surface area (Å²) in [6.07, 6.45) is 0.591. The molecule has 0 atom stereocenters. The topological polar surface area (TPSA) is 105 Å². The number of anilines is 1. The Balaban J connectivity index is 1.42. The Morgan fingerprint density at radius 1 is 1.21 bits per heavy atom. The lowest BCUT2D eigenvalue weighted by molar-refractivity contribution is -0.384. The number of amides is 2. The first-order valence-electron chi connectivity index (χ1n) is 11.1. The Hall–Kier alpha value is -3.82. The summed E-state index contributed by atoms with van der Waals surface area (Å²) in [5, 5.41) is 11.2. The van der Waals surface area contributed by atoms with Crippen molar-refractivity contribution < 1.29 is 24.0 Å². The van der Waals surface area contributed by atoms with Crippen LogP contribution in [0.1, 0.15) is 28.8 Å². The fourth-order valence-corrected chi connectivity index (χ4v) is 4.50. The lowest BCUT2D eigenvalue weighted by Crippen LogP contribution is -2.48. The van der Waals surface area contributed by atoms with E-state index in [-0.39, 0.29) is 18.1 Å². The molecule has 0 aliphatic carbocycles. The predicted molar refractivity (Wildman–Crippen MR) is 125 cm³/mol. The molecule has 0 radical (unpaired) electrons. The number of benzene rings is 2. The van der Waals surface area contributed by atoms with Gasteiger partial charge in [0.25, 0.3) is 11.6 Å². The molecule has 10 heteroatoms. The molecule has 34 heavy (non-hydrogen) atoms. The van der Waals surface area contributed by atoms with Crippen molar-refractivity contribution in [3.8, 4) is 5.75 Å². The highest BCUT2D eigenvalue weighted by atomic mass is 16.6. The first kappa shape index (κ1) is 23.3. The molecule has 0 aromatic heterocycles. The maximum Gasteiger partial charge on any atom is 0.410 e. The second-order valence-corrected chi connectivity index (χ2v) is 8.90. The van der Waals surface area contributed by atoms with Gasteiger partial charge in [-0.2, -0.15) is 0 Å². The summed E-state index contributed by atoms with van der Waals surface area (Å²) in [4.78, 5) is 41.6. The lowest BCUT2D eigenvalue weighted by Gasteiger charge is -2.37. The SMILES string of the molecule is COc1ccc([N+](=O)[O-])cc1CN1CC2(CCN(C(=O)c3cccc(N(C)C)c3)CC2)OC1=O. The monoisotopic (exact) mass is 468 g/mol. The van der Waals surface area contributed by atoms with E-state index in [9.17, 15) is 19.7 Å². The van der Waals surface area contributed by atoms with E-state index >= 15 is 0 Å². The quantitative estimate of drug-likeness (QED) is 0.473. The molecule has 0 bridgehead atoms. The minimum absolute atomic E-state index is 0.0407. The average molecular weight is 469 g/mol. The average Bonchev–Trinajstić information content (AvgIpc) is 3.13. The molecule has 2 aromatic rings. The number of non-ortho nitro benzene ring substituents is 1. The number of hydrogen-bond donors (Lipinski definition) is 0. The second kappa shape index (κ2) is 9.20. The first-order valence-corrected chi connectivity index (χ1v) is 11.1. The maximum atomic E-state index is 13.0. The fourth-order valence-electron chi connectivity index (χ4n) is 4.50. The number of carbonyl (C=O) groups is 2. The van der Waals surface area contributed by atoms with Gasteiger partial charge in [0, 0.05) is 69.0 Å². The second-order valence-electron chi connectivity index (χ2n) is 8.90. The van der Waals surface area contributed by atoms with Gasteiger partial charge >= 0.3 is 6.09 Å². The third kappa shape index (κ3) is 4.61. The molecule has 2 aromatic carbocycles. The summed E-state index contributed by atoms with van der Waals surface area (Å²) < 4.78 is 11.1. The Labute approximate surface area is 197 Å². The van der Waals surface area contributed by atoms with Crippen LogP contribution >= 0.6 is 0 Å². The summed E-state index contributed by atoms with van der Waals surface area (Å²) in [6, 6.07) is 11.8. The van der Waals surface area contributed by atoms with Gasteiger partial charge in [-0.1, -0.05) is 6.07 Å². The first-order chi connectivity index (χ1) is 16.2. The summed E-state index contributed by atoms with van der Waals surface area (Å²) >= 11 is 0. The highest BCUT2D eigenvalue weighted by molar-refractivity contribution is 5.95. The van der Waals surface area contributed by atoms with Crippen LogP contribution in [0.5, 0.6) is 5.75 Å². The minimum Gasteiger partial charge on any atom is -0.496 e. The van der Waals surface area contributed by atoms with Gasteiger partial charge in [-0.05, 0) is 24.3 Å². The Bertz CT molecular complexity index is 1110. The molecule has 0 N–H and O–H groups in total. The standard InChI is InChI=1S/C24H28N4O6/c1-25(2)19-6-4-5-17(13-19)22(29)26-11-9-24(10-12-26)16-27(23(30)34-24)15-18-14-20(28(31)32)7-8-21(18)33-3/h4-8,13-14H,9-12,15-16H2,1-3H3. The molecular weight excluding hydrogens is 440 g/mol. The lowest BCUT2D eigenvalue weighted by atomic mass is 9.91. The van der Waals surface area contributed by atoms with Gasteiger partial charge in [0.2, 0.25) is 0 Å². The molecule has 4 rings (SSSR count). The third-order valence-corrected chi connectivity index (χ3v) is 6.45. The van der Waals surface area contributed by atoms with Gasteiger partial charge in [0.1, 0.15) is 11.4 Å². The molecule has 2 heterocycles. The number of nitro groups is 1. The van der Waals surface area contributed by atoms with Crippen molar-refractivity contribution in [2.45, 2.75) is 25.0 Å². The zero-order valence-electron chi connectivity index (χ0n) is 19.5. The molecule has 180 valence electrons. The van der Waals surface area contributed by atoms with E-state index in [2.05, 4.69) is 0 Å².